The lowest BCUT2D eigenvalue weighted by Crippen LogP contribution is -2.13. The third kappa shape index (κ3) is 6.22. The van der Waals surface area contributed by atoms with Crippen LogP contribution in [-0.2, 0) is 21.3 Å². The Labute approximate surface area is 287 Å². The zero-order chi connectivity index (χ0) is 34.4. The van der Waals surface area contributed by atoms with Crippen molar-refractivity contribution >= 4 is 38.1 Å². The molecular weight excluding hydrogens is 667 g/mol. The summed E-state index contributed by atoms with van der Waals surface area (Å²) in [6, 6.07) is 15.5. The molecule has 1 aliphatic heterocycles. The van der Waals surface area contributed by atoms with Crippen LogP contribution < -0.4 is 18.9 Å². The van der Waals surface area contributed by atoms with Crippen LogP contribution in [0.2, 0.25) is 0 Å². The largest absolute Gasteiger partial charge is 0.491 e. The Morgan fingerprint density at radius 2 is 1.78 bits per heavy atom. The second-order valence-electron chi connectivity index (χ2n) is 11.9. The predicted octanol–water partition coefficient (Wildman–Crippen LogP) is 6.96. The quantitative estimate of drug-likeness (QED) is 0.141. The highest BCUT2D eigenvalue weighted by molar-refractivity contribution is 7.94. The summed E-state index contributed by atoms with van der Waals surface area (Å²) in [6.07, 6.45) is 0. The van der Waals surface area contributed by atoms with Crippen LogP contribution >= 0.6 is 11.3 Å². The standard InChI is InChI=1S/C35H35N5O7S2/c1-19-13-28-32(22(4)36-19)33(25-8-10-29-31(16-25)46-18-45-29)37-40(28)17-24-7-9-26(30(15-24)44-12-11-43-6)27-14-20(2)48-35(27)49(41,42)39-34-21(3)23(5)47-38-34/h7-10,13-16H,11-12,17-18H2,1-6H3,(H,38,39). The molecule has 1 N–H and O–H groups in total. The minimum atomic E-state index is -4.01. The van der Waals surface area contributed by atoms with E-state index in [0.29, 0.717) is 52.9 Å². The molecule has 0 unspecified atom stereocenters. The molecule has 0 saturated carbocycles. The number of aryl methyl sites for hydroxylation is 4. The van der Waals surface area contributed by atoms with Gasteiger partial charge < -0.3 is 23.5 Å². The Morgan fingerprint density at radius 3 is 2.55 bits per heavy atom. The van der Waals surface area contributed by atoms with Crippen LogP contribution in [0, 0.1) is 34.6 Å². The van der Waals surface area contributed by atoms with Crippen molar-refractivity contribution in [2.24, 2.45) is 0 Å². The van der Waals surface area contributed by atoms with Crippen LogP contribution in [0.15, 0.2) is 57.3 Å². The molecule has 4 aromatic heterocycles. The maximum atomic E-state index is 13.7. The first-order valence-corrected chi connectivity index (χ1v) is 17.9. The molecule has 0 radical (unpaired) electrons. The molecule has 14 heteroatoms. The molecule has 5 heterocycles. The second kappa shape index (κ2) is 12.8. The minimum absolute atomic E-state index is 0.152. The van der Waals surface area contributed by atoms with Gasteiger partial charge in [-0.05, 0) is 76.6 Å². The van der Waals surface area contributed by atoms with Crippen molar-refractivity contribution in [2.45, 2.75) is 45.4 Å². The lowest BCUT2D eigenvalue weighted by molar-refractivity contribution is 0.146. The Bertz CT molecular complexity index is 2320. The fraction of sp³-hybridized carbons (Fsp3) is 0.286. The summed E-state index contributed by atoms with van der Waals surface area (Å²) in [5.74, 6) is 2.61. The van der Waals surface area contributed by atoms with Gasteiger partial charge in [-0.2, -0.15) is 5.10 Å². The molecule has 2 aromatic carbocycles. The lowest BCUT2D eigenvalue weighted by atomic mass is 10.0. The Balaban J connectivity index is 1.29. The van der Waals surface area contributed by atoms with E-state index in [2.05, 4.69) is 9.88 Å². The number of fused-ring (bicyclic) bond motifs is 2. The van der Waals surface area contributed by atoms with Crippen molar-refractivity contribution < 1.29 is 31.9 Å². The summed E-state index contributed by atoms with van der Waals surface area (Å²) in [5, 5.41) is 9.94. The van der Waals surface area contributed by atoms with Gasteiger partial charge in [-0.1, -0.05) is 17.3 Å². The molecule has 254 valence electrons. The van der Waals surface area contributed by atoms with Crippen molar-refractivity contribution in [3.8, 4) is 39.6 Å². The van der Waals surface area contributed by atoms with Crippen LogP contribution in [-0.4, -0.2) is 55.5 Å². The zero-order valence-electron chi connectivity index (χ0n) is 27.9. The number of aromatic nitrogens is 4. The first kappa shape index (κ1) is 32.6. The van der Waals surface area contributed by atoms with Gasteiger partial charge in [0.2, 0.25) is 6.79 Å². The minimum Gasteiger partial charge on any atom is -0.491 e. The molecule has 0 atom stereocenters. The average molecular weight is 702 g/mol. The molecule has 49 heavy (non-hydrogen) atoms. The average Bonchev–Trinajstić information content (AvgIpc) is 3.85. The van der Waals surface area contributed by atoms with E-state index in [4.69, 9.17) is 33.6 Å². The summed E-state index contributed by atoms with van der Waals surface area (Å²) in [7, 11) is -2.41. The van der Waals surface area contributed by atoms with Gasteiger partial charge >= 0.3 is 0 Å². The Hall–Kier alpha value is -4.92. The van der Waals surface area contributed by atoms with E-state index in [1.54, 1.807) is 21.0 Å². The summed E-state index contributed by atoms with van der Waals surface area (Å²) >= 11 is 1.18. The predicted molar refractivity (Wildman–Crippen MR) is 186 cm³/mol. The van der Waals surface area contributed by atoms with Gasteiger partial charge in [0.15, 0.2) is 17.3 Å². The number of nitrogens with zero attached hydrogens (tertiary/aromatic N) is 4. The van der Waals surface area contributed by atoms with E-state index in [1.165, 1.54) is 11.3 Å². The first-order valence-electron chi connectivity index (χ1n) is 15.6. The SMILES string of the molecule is COCCOc1cc(Cn2nc(-c3ccc4c(c3)OCO4)c3c(C)nc(C)cc32)ccc1-c1cc(C)sc1S(=O)(=O)Nc1noc(C)c1C. The molecule has 0 saturated heterocycles. The number of pyridine rings is 1. The number of methoxy groups -OCH3 is 1. The van der Waals surface area contributed by atoms with Crippen LogP contribution in [0.3, 0.4) is 0 Å². The number of thiophene rings is 1. The number of hydrogen-bond acceptors (Lipinski definition) is 11. The maximum Gasteiger partial charge on any atom is 0.273 e. The Kier molecular flexibility index (Phi) is 8.55. The van der Waals surface area contributed by atoms with Crippen molar-refractivity contribution in [3.63, 3.8) is 0 Å². The number of ether oxygens (including phenoxy) is 4. The Morgan fingerprint density at radius 1 is 0.959 bits per heavy atom. The van der Waals surface area contributed by atoms with Crippen LogP contribution in [0.5, 0.6) is 17.2 Å². The highest BCUT2D eigenvalue weighted by Gasteiger charge is 2.27. The van der Waals surface area contributed by atoms with E-state index in [0.717, 1.165) is 44.0 Å². The van der Waals surface area contributed by atoms with Crippen molar-refractivity contribution in [1.82, 2.24) is 19.9 Å². The zero-order valence-corrected chi connectivity index (χ0v) is 29.5. The lowest BCUT2D eigenvalue weighted by Gasteiger charge is -2.15. The normalized spacial score (nSPS) is 12.6. The van der Waals surface area contributed by atoms with Crippen LogP contribution in [0.4, 0.5) is 5.82 Å². The fourth-order valence-electron chi connectivity index (χ4n) is 5.88. The number of sulfonamides is 1. The molecule has 0 spiro atoms. The number of rotatable bonds is 11. The molecule has 6 aromatic rings. The van der Waals surface area contributed by atoms with E-state index < -0.39 is 10.0 Å². The van der Waals surface area contributed by atoms with E-state index >= 15 is 0 Å². The first-order chi connectivity index (χ1) is 23.5. The molecule has 0 fully saturated rings. The van der Waals surface area contributed by atoms with E-state index in [9.17, 15) is 8.42 Å². The number of hydrogen-bond donors (Lipinski definition) is 1. The molecule has 0 aliphatic carbocycles. The van der Waals surface area contributed by atoms with Crippen LogP contribution in [0.25, 0.3) is 33.3 Å². The number of anilines is 1. The molecule has 7 rings (SSSR count). The van der Waals surface area contributed by atoms with Crippen molar-refractivity contribution in [1.29, 1.82) is 0 Å². The summed E-state index contributed by atoms with van der Waals surface area (Å²) < 4.78 is 60.1. The number of nitrogens with one attached hydrogen (secondary N) is 1. The monoisotopic (exact) mass is 701 g/mol. The summed E-state index contributed by atoms with van der Waals surface area (Å²) in [5.41, 5.74) is 7.08. The van der Waals surface area contributed by atoms with E-state index in [-0.39, 0.29) is 23.4 Å². The van der Waals surface area contributed by atoms with Gasteiger partial charge in [-0.25, -0.2) is 8.42 Å². The maximum absolute atomic E-state index is 13.7. The highest BCUT2D eigenvalue weighted by atomic mass is 32.2. The topological polar surface area (TPSA) is 140 Å². The second-order valence-corrected chi connectivity index (χ2v) is 15.0. The van der Waals surface area contributed by atoms with Gasteiger partial charge in [-0.3, -0.25) is 14.4 Å². The molecule has 12 nitrogen and oxygen atoms in total. The highest BCUT2D eigenvalue weighted by Crippen LogP contribution is 2.42. The molecule has 0 amide bonds. The smallest absolute Gasteiger partial charge is 0.273 e. The van der Waals surface area contributed by atoms with Crippen molar-refractivity contribution in [3.05, 3.63) is 81.7 Å². The van der Waals surface area contributed by atoms with Crippen LogP contribution in [0.1, 0.15) is 33.2 Å². The third-order valence-electron chi connectivity index (χ3n) is 8.36. The van der Waals surface area contributed by atoms with Crippen molar-refractivity contribution in [2.75, 3.05) is 31.8 Å². The van der Waals surface area contributed by atoms with Gasteiger partial charge in [-0.15, -0.1) is 11.3 Å². The van der Waals surface area contributed by atoms with Gasteiger partial charge in [0.25, 0.3) is 10.0 Å². The van der Waals surface area contributed by atoms with E-state index in [1.807, 2.05) is 74.0 Å². The number of benzene rings is 2. The van der Waals surface area contributed by atoms with Gasteiger partial charge in [0, 0.05) is 51.0 Å². The summed E-state index contributed by atoms with van der Waals surface area (Å²) in [6.45, 7) is 10.6. The fourth-order valence-corrected chi connectivity index (χ4v) is 8.58. The molecule has 1 aliphatic rings. The van der Waals surface area contributed by atoms with Gasteiger partial charge in [0.1, 0.15) is 28.0 Å². The molecule has 0 bridgehead atoms. The third-order valence-corrected chi connectivity index (χ3v) is 11.3. The molecular formula is C35H35N5O7S2. The summed E-state index contributed by atoms with van der Waals surface area (Å²) in [4.78, 5) is 5.57. The van der Waals surface area contributed by atoms with Gasteiger partial charge in [0.05, 0.1) is 18.7 Å².